The van der Waals surface area contributed by atoms with Gasteiger partial charge in [-0.15, -0.1) is 0 Å². The maximum atomic E-state index is 13.0. The lowest BCUT2D eigenvalue weighted by atomic mass is 10.1. The molecule has 5 heteroatoms. The van der Waals surface area contributed by atoms with Gasteiger partial charge in [-0.25, -0.2) is 4.39 Å². The molecule has 3 nitrogen and oxygen atoms in total. The SMILES string of the molecule is Cc1ccccc1CNCCC(=O)Nc1ccc(F)c(Cl)c1. The molecule has 2 rings (SSSR count). The maximum absolute atomic E-state index is 13.0. The van der Waals surface area contributed by atoms with Gasteiger partial charge < -0.3 is 10.6 Å². The minimum atomic E-state index is -0.500. The number of carbonyl (C=O) groups excluding carboxylic acids is 1. The minimum Gasteiger partial charge on any atom is -0.326 e. The van der Waals surface area contributed by atoms with Crippen LogP contribution in [0.4, 0.5) is 10.1 Å². The topological polar surface area (TPSA) is 41.1 Å². The molecule has 0 aliphatic carbocycles. The molecule has 0 fully saturated rings. The van der Waals surface area contributed by atoms with Crippen molar-refractivity contribution in [1.29, 1.82) is 0 Å². The van der Waals surface area contributed by atoms with Crippen LogP contribution in [0.25, 0.3) is 0 Å². The van der Waals surface area contributed by atoms with Crippen molar-refractivity contribution in [2.24, 2.45) is 0 Å². The number of benzene rings is 2. The zero-order valence-corrected chi connectivity index (χ0v) is 13.1. The minimum absolute atomic E-state index is 0.00419. The molecular weight excluding hydrogens is 303 g/mol. The quantitative estimate of drug-likeness (QED) is 0.792. The van der Waals surface area contributed by atoms with Crippen molar-refractivity contribution in [2.75, 3.05) is 11.9 Å². The van der Waals surface area contributed by atoms with Crippen LogP contribution < -0.4 is 10.6 Å². The Bertz CT molecular complexity index is 661. The predicted molar refractivity (Wildman–Crippen MR) is 87.5 cm³/mol. The first kappa shape index (κ1) is 16.5. The number of anilines is 1. The first-order valence-electron chi connectivity index (χ1n) is 7.06. The number of nitrogens with one attached hydrogen (secondary N) is 2. The Hall–Kier alpha value is -1.91. The van der Waals surface area contributed by atoms with E-state index in [2.05, 4.69) is 29.7 Å². The Morgan fingerprint density at radius 1 is 1.23 bits per heavy atom. The van der Waals surface area contributed by atoms with Gasteiger partial charge in [0.2, 0.25) is 5.91 Å². The molecular formula is C17H18ClFN2O. The van der Waals surface area contributed by atoms with Crippen LogP contribution in [0.3, 0.4) is 0 Å². The van der Waals surface area contributed by atoms with Crippen molar-refractivity contribution in [3.8, 4) is 0 Å². The van der Waals surface area contributed by atoms with E-state index in [-0.39, 0.29) is 10.9 Å². The highest BCUT2D eigenvalue weighted by Gasteiger charge is 2.05. The molecule has 0 unspecified atom stereocenters. The van der Waals surface area contributed by atoms with Crippen molar-refractivity contribution in [3.63, 3.8) is 0 Å². The van der Waals surface area contributed by atoms with Crippen LogP contribution in [0.15, 0.2) is 42.5 Å². The molecule has 0 aliphatic rings. The van der Waals surface area contributed by atoms with Crippen LogP contribution in [-0.4, -0.2) is 12.5 Å². The Morgan fingerprint density at radius 3 is 2.73 bits per heavy atom. The lowest BCUT2D eigenvalue weighted by Gasteiger charge is -2.08. The summed E-state index contributed by atoms with van der Waals surface area (Å²) in [5.41, 5.74) is 2.93. The van der Waals surface area contributed by atoms with Gasteiger partial charge in [0.05, 0.1) is 5.02 Å². The first-order valence-corrected chi connectivity index (χ1v) is 7.44. The Morgan fingerprint density at radius 2 is 2.00 bits per heavy atom. The number of aryl methyl sites for hydroxylation is 1. The fraction of sp³-hybridized carbons (Fsp3) is 0.235. The van der Waals surface area contributed by atoms with Gasteiger partial charge in [-0.3, -0.25) is 4.79 Å². The third-order valence-corrected chi connectivity index (χ3v) is 3.60. The second-order valence-electron chi connectivity index (χ2n) is 5.03. The third-order valence-electron chi connectivity index (χ3n) is 3.31. The molecule has 2 N–H and O–H groups in total. The second kappa shape index (κ2) is 7.92. The Labute approximate surface area is 134 Å². The summed E-state index contributed by atoms with van der Waals surface area (Å²) in [5, 5.41) is 5.92. The van der Waals surface area contributed by atoms with Crippen LogP contribution >= 0.6 is 11.6 Å². The molecule has 0 aromatic heterocycles. The van der Waals surface area contributed by atoms with Crippen LogP contribution in [0.1, 0.15) is 17.5 Å². The average Bonchev–Trinajstić information content (AvgIpc) is 2.49. The number of hydrogen-bond donors (Lipinski definition) is 2. The van der Waals surface area contributed by atoms with Crippen LogP contribution in [0.5, 0.6) is 0 Å². The van der Waals surface area contributed by atoms with Gasteiger partial charge in [0.1, 0.15) is 5.82 Å². The lowest BCUT2D eigenvalue weighted by Crippen LogP contribution is -2.21. The summed E-state index contributed by atoms with van der Waals surface area (Å²) in [5.74, 6) is -0.639. The van der Waals surface area contributed by atoms with E-state index < -0.39 is 5.82 Å². The summed E-state index contributed by atoms with van der Waals surface area (Å²) in [6.45, 7) is 3.35. The van der Waals surface area contributed by atoms with E-state index in [4.69, 9.17) is 11.6 Å². The van der Waals surface area contributed by atoms with E-state index in [1.807, 2.05) is 12.1 Å². The summed E-state index contributed by atoms with van der Waals surface area (Å²) >= 11 is 5.67. The molecule has 0 bridgehead atoms. The predicted octanol–water partition coefficient (Wildman–Crippen LogP) is 3.91. The Kier molecular flexibility index (Phi) is 5.92. The van der Waals surface area contributed by atoms with E-state index in [1.54, 1.807) is 0 Å². The molecule has 116 valence electrons. The highest BCUT2D eigenvalue weighted by Crippen LogP contribution is 2.19. The fourth-order valence-electron chi connectivity index (χ4n) is 2.03. The van der Waals surface area contributed by atoms with Gasteiger partial charge >= 0.3 is 0 Å². The smallest absolute Gasteiger partial charge is 0.225 e. The van der Waals surface area contributed by atoms with E-state index >= 15 is 0 Å². The molecule has 22 heavy (non-hydrogen) atoms. The molecule has 2 aromatic rings. The zero-order chi connectivity index (χ0) is 15.9. The molecule has 0 atom stereocenters. The first-order chi connectivity index (χ1) is 10.6. The number of rotatable bonds is 6. The van der Waals surface area contributed by atoms with E-state index in [0.29, 0.717) is 18.7 Å². The number of halogens is 2. The van der Waals surface area contributed by atoms with Crippen molar-refractivity contribution in [2.45, 2.75) is 19.9 Å². The van der Waals surface area contributed by atoms with Crippen LogP contribution in [0, 0.1) is 12.7 Å². The number of hydrogen-bond acceptors (Lipinski definition) is 2. The molecule has 2 aromatic carbocycles. The number of carbonyl (C=O) groups is 1. The fourth-order valence-corrected chi connectivity index (χ4v) is 2.21. The summed E-state index contributed by atoms with van der Waals surface area (Å²) < 4.78 is 13.0. The van der Waals surface area contributed by atoms with E-state index in [9.17, 15) is 9.18 Å². The molecule has 0 spiro atoms. The van der Waals surface area contributed by atoms with Gasteiger partial charge in [-0.2, -0.15) is 0 Å². The Balaban J connectivity index is 1.74. The van der Waals surface area contributed by atoms with Crippen molar-refractivity contribution in [3.05, 3.63) is 64.4 Å². The summed E-state index contributed by atoms with van der Waals surface area (Å²) in [7, 11) is 0. The van der Waals surface area contributed by atoms with Gasteiger partial charge in [0.15, 0.2) is 0 Å². The van der Waals surface area contributed by atoms with E-state index in [0.717, 1.165) is 6.54 Å². The monoisotopic (exact) mass is 320 g/mol. The van der Waals surface area contributed by atoms with Crippen LogP contribution in [0.2, 0.25) is 5.02 Å². The van der Waals surface area contributed by atoms with Crippen molar-refractivity contribution < 1.29 is 9.18 Å². The molecule has 0 saturated heterocycles. The highest BCUT2D eigenvalue weighted by molar-refractivity contribution is 6.31. The van der Waals surface area contributed by atoms with E-state index in [1.165, 1.54) is 29.3 Å². The van der Waals surface area contributed by atoms with Gasteiger partial charge in [0.25, 0.3) is 0 Å². The standard InChI is InChI=1S/C17H18ClFN2O/c1-12-4-2-3-5-13(12)11-20-9-8-17(22)21-14-6-7-16(19)15(18)10-14/h2-7,10,20H,8-9,11H2,1H3,(H,21,22). The molecule has 0 heterocycles. The lowest BCUT2D eigenvalue weighted by molar-refractivity contribution is -0.116. The largest absolute Gasteiger partial charge is 0.326 e. The molecule has 0 aliphatic heterocycles. The summed E-state index contributed by atoms with van der Waals surface area (Å²) in [6.07, 6.45) is 0.334. The zero-order valence-electron chi connectivity index (χ0n) is 12.3. The molecule has 0 radical (unpaired) electrons. The summed E-state index contributed by atoms with van der Waals surface area (Å²) in [4.78, 5) is 11.8. The number of amides is 1. The third kappa shape index (κ3) is 4.83. The molecule has 0 saturated carbocycles. The van der Waals surface area contributed by atoms with Crippen LogP contribution in [-0.2, 0) is 11.3 Å². The average molecular weight is 321 g/mol. The summed E-state index contributed by atoms with van der Waals surface area (Å²) in [6, 6.07) is 12.2. The normalized spacial score (nSPS) is 10.5. The van der Waals surface area contributed by atoms with Gasteiger partial charge in [-0.05, 0) is 36.2 Å². The van der Waals surface area contributed by atoms with Crippen molar-refractivity contribution >= 4 is 23.2 Å². The molecule has 1 amide bonds. The van der Waals surface area contributed by atoms with Gasteiger partial charge in [0, 0.05) is 25.2 Å². The second-order valence-corrected chi connectivity index (χ2v) is 5.44. The maximum Gasteiger partial charge on any atom is 0.225 e. The highest BCUT2D eigenvalue weighted by atomic mass is 35.5. The van der Waals surface area contributed by atoms with Crippen molar-refractivity contribution in [1.82, 2.24) is 5.32 Å². The van der Waals surface area contributed by atoms with Gasteiger partial charge in [-0.1, -0.05) is 35.9 Å².